The molecule has 0 atom stereocenters. The Labute approximate surface area is 271 Å². The first kappa shape index (κ1) is 31.7. The Bertz CT molecular complexity index is 1550. The Morgan fingerprint density at radius 2 is 1.53 bits per heavy atom. The van der Waals surface area contributed by atoms with Gasteiger partial charge in [-0.2, -0.15) is 0 Å². The van der Waals surface area contributed by atoms with Crippen LogP contribution in [-0.2, 0) is 14.4 Å². The lowest BCUT2D eigenvalue weighted by Crippen LogP contribution is -2.44. The zero-order valence-electron chi connectivity index (χ0n) is 26.0. The third-order valence-corrected chi connectivity index (χ3v) is 9.96. The summed E-state index contributed by atoms with van der Waals surface area (Å²) in [7, 11) is 0. The predicted molar refractivity (Wildman–Crippen MR) is 177 cm³/mol. The van der Waals surface area contributed by atoms with E-state index in [-0.39, 0.29) is 34.9 Å². The number of amides is 1. The molecule has 2 aromatic carbocycles. The van der Waals surface area contributed by atoms with Crippen LogP contribution in [0.4, 0.5) is 5.69 Å². The average Bonchev–Trinajstić information content (AvgIpc) is 2.88. The molecule has 0 radical (unpaired) electrons. The van der Waals surface area contributed by atoms with E-state index in [1.54, 1.807) is 0 Å². The van der Waals surface area contributed by atoms with Crippen molar-refractivity contribution in [3.05, 3.63) is 78.5 Å². The number of allylic oxidation sites excluding steroid dienone is 4. The van der Waals surface area contributed by atoms with Gasteiger partial charge in [-0.05, 0) is 89.7 Å². The predicted octanol–water partition coefficient (Wildman–Crippen LogP) is 8.55. The van der Waals surface area contributed by atoms with Gasteiger partial charge in [-0.25, -0.2) is 0 Å². The molecule has 1 heterocycles. The van der Waals surface area contributed by atoms with Crippen LogP contribution in [0.1, 0.15) is 82.9 Å². The Kier molecular flexibility index (Phi) is 8.60. The minimum Gasteiger partial charge on any atom is -0.482 e. The molecule has 0 unspecified atom stereocenters. The normalized spacial score (nSPS) is 19.8. The Morgan fingerprint density at radius 1 is 0.953 bits per heavy atom. The Hall–Kier alpha value is -2.71. The van der Waals surface area contributed by atoms with Crippen molar-refractivity contribution in [1.82, 2.24) is 4.90 Å². The summed E-state index contributed by atoms with van der Waals surface area (Å²) >= 11 is 7.32. The maximum atomic E-state index is 14.1. The molecule has 0 bridgehead atoms. The summed E-state index contributed by atoms with van der Waals surface area (Å²) in [4.78, 5) is 43.5. The molecule has 43 heavy (non-hydrogen) atoms. The van der Waals surface area contributed by atoms with Gasteiger partial charge in [0.2, 0.25) is 0 Å². The topological polar surface area (TPSA) is 75.7 Å². The molecule has 1 amide bonds. The molecule has 5 rings (SSSR count). The number of carbonyl (C=O) groups is 3. The largest absolute Gasteiger partial charge is 0.482 e. The number of nitrogens with zero attached hydrogens (tertiary/aromatic N) is 1. The number of aryl methyl sites for hydroxylation is 1. The van der Waals surface area contributed by atoms with Gasteiger partial charge in [-0.15, -0.1) is 0 Å². The maximum absolute atomic E-state index is 14.1. The van der Waals surface area contributed by atoms with E-state index in [1.807, 2.05) is 44.2 Å². The van der Waals surface area contributed by atoms with Crippen molar-refractivity contribution in [3.8, 4) is 5.75 Å². The molecule has 2 aliphatic carbocycles. The van der Waals surface area contributed by atoms with Crippen molar-refractivity contribution in [2.45, 2.75) is 80.1 Å². The van der Waals surface area contributed by atoms with Crippen molar-refractivity contribution in [1.29, 1.82) is 0 Å². The Morgan fingerprint density at radius 3 is 2.09 bits per heavy atom. The van der Waals surface area contributed by atoms with Gasteiger partial charge in [0.25, 0.3) is 5.91 Å². The molecular weight excluding hydrogens is 672 g/mol. The molecular formula is C35H40Br2N2O4. The van der Waals surface area contributed by atoms with Crippen molar-refractivity contribution in [2.24, 2.45) is 10.8 Å². The van der Waals surface area contributed by atoms with Crippen LogP contribution in [0, 0.1) is 24.7 Å². The van der Waals surface area contributed by atoms with Crippen LogP contribution < -0.4 is 10.1 Å². The third kappa shape index (κ3) is 6.15. The summed E-state index contributed by atoms with van der Waals surface area (Å²) in [5.41, 5.74) is 6.53. The maximum Gasteiger partial charge on any atom is 0.262 e. The number of halogens is 2. The molecule has 0 saturated carbocycles. The van der Waals surface area contributed by atoms with Crippen LogP contribution in [0.3, 0.4) is 0 Å². The number of ketones is 2. The molecule has 1 N–H and O–H groups in total. The Balaban J connectivity index is 1.62. The minimum atomic E-state index is -0.578. The molecule has 8 heteroatoms. The molecule has 228 valence electrons. The summed E-state index contributed by atoms with van der Waals surface area (Å²) in [5.74, 6) is -0.280. The van der Waals surface area contributed by atoms with Crippen LogP contribution >= 0.6 is 31.9 Å². The summed E-state index contributed by atoms with van der Waals surface area (Å²) < 4.78 is 7.72. The molecule has 3 aliphatic rings. The third-order valence-electron chi connectivity index (χ3n) is 8.91. The van der Waals surface area contributed by atoms with Crippen molar-refractivity contribution in [2.75, 3.05) is 18.5 Å². The van der Waals surface area contributed by atoms with E-state index in [0.717, 1.165) is 45.5 Å². The van der Waals surface area contributed by atoms with E-state index in [4.69, 9.17) is 4.74 Å². The number of ether oxygens (including phenoxy) is 1. The fourth-order valence-corrected chi connectivity index (χ4v) is 8.27. The van der Waals surface area contributed by atoms with Crippen molar-refractivity contribution >= 4 is 55.0 Å². The van der Waals surface area contributed by atoms with Crippen LogP contribution in [0.15, 0.2) is 61.8 Å². The van der Waals surface area contributed by atoms with Crippen LogP contribution in [0.2, 0.25) is 0 Å². The first-order valence-corrected chi connectivity index (χ1v) is 16.5. The highest BCUT2D eigenvalue weighted by Gasteiger charge is 2.49. The molecule has 0 saturated heterocycles. The van der Waals surface area contributed by atoms with Gasteiger partial charge in [-0.1, -0.05) is 55.8 Å². The van der Waals surface area contributed by atoms with Crippen LogP contribution in [0.25, 0.3) is 0 Å². The van der Waals surface area contributed by atoms with E-state index in [0.29, 0.717) is 46.3 Å². The van der Waals surface area contributed by atoms with E-state index >= 15 is 0 Å². The highest BCUT2D eigenvalue weighted by Crippen LogP contribution is 2.56. The van der Waals surface area contributed by atoms with Crippen LogP contribution in [0.5, 0.6) is 5.75 Å². The summed E-state index contributed by atoms with van der Waals surface area (Å²) in [5, 5.41) is 2.97. The fourth-order valence-electron chi connectivity index (χ4n) is 6.90. The van der Waals surface area contributed by atoms with Crippen molar-refractivity contribution < 1.29 is 19.1 Å². The molecule has 0 aromatic heterocycles. The van der Waals surface area contributed by atoms with Gasteiger partial charge in [0.05, 0.1) is 4.47 Å². The standard InChI is InChI=1S/C35H40Br2N2O4/c1-8-39-25-14-34(4,5)16-27(40)31(25)30(32-26(39)15-35(6,7)17-28(32)41)22-12-21(36)13-23(37)33(22)43-18-29(42)38-24-11-9-10-19(2)20(24)3/h9-13,30H,8,14-18H2,1-7H3,(H,38,42). The molecule has 0 spiro atoms. The van der Waals surface area contributed by atoms with Gasteiger partial charge in [0, 0.05) is 63.6 Å². The monoisotopic (exact) mass is 710 g/mol. The highest BCUT2D eigenvalue weighted by atomic mass is 79.9. The first-order valence-electron chi connectivity index (χ1n) is 14.9. The van der Waals surface area contributed by atoms with E-state index in [1.165, 1.54) is 0 Å². The number of hydrogen-bond acceptors (Lipinski definition) is 5. The first-order chi connectivity index (χ1) is 20.1. The van der Waals surface area contributed by atoms with Gasteiger partial charge in [0.15, 0.2) is 18.2 Å². The lowest BCUT2D eigenvalue weighted by atomic mass is 9.63. The second-order valence-corrected chi connectivity index (χ2v) is 15.4. The SMILES string of the molecule is CCN1C2=C(C(=O)CC(C)(C)C2)C(c2cc(Br)cc(Br)c2OCC(=O)Nc2cccc(C)c2C)C2=C1CC(C)(C)CC2=O. The smallest absolute Gasteiger partial charge is 0.262 e. The molecule has 0 fully saturated rings. The fraction of sp³-hybridized carbons (Fsp3) is 0.457. The second-order valence-electron chi connectivity index (χ2n) is 13.7. The number of carbonyl (C=O) groups excluding carboxylic acids is 3. The number of Topliss-reactive ketones (excluding diaryl/α,β-unsaturated/α-hetero) is 2. The summed E-state index contributed by atoms with van der Waals surface area (Å²) in [6.07, 6.45) is 2.30. The van der Waals surface area contributed by atoms with Gasteiger partial charge in [-0.3, -0.25) is 14.4 Å². The summed E-state index contributed by atoms with van der Waals surface area (Å²) in [6, 6.07) is 9.59. The van der Waals surface area contributed by atoms with Crippen molar-refractivity contribution in [3.63, 3.8) is 0 Å². The number of nitrogens with one attached hydrogen (secondary N) is 1. The zero-order valence-corrected chi connectivity index (χ0v) is 29.2. The number of anilines is 1. The van der Waals surface area contributed by atoms with Gasteiger partial charge < -0.3 is 15.0 Å². The number of benzene rings is 2. The van der Waals surface area contributed by atoms with Crippen LogP contribution in [-0.4, -0.2) is 35.5 Å². The molecule has 6 nitrogen and oxygen atoms in total. The number of hydrogen-bond donors (Lipinski definition) is 1. The van der Waals surface area contributed by atoms with E-state index in [9.17, 15) is 14.4 Å². The van der Waals surface area contributed by atoms with Gasteiger partial charge in [0.1, 0.15) is 5.75 Å². The number of rotatable bonds is 6. The zero-order chi connectivity index (χ0) is 31.4. The van der Waals surface area contributed by atoms with E-state index < -0.39 is 5.92 Å². The lowest BCUT2D eigenvalue weighted by Gasteiger charge is -2.49. The summed E-state index contributed by atoms with van der Waals surface area (Å²) in [6.45, 7) is 15.1. The molecule has 1 aliphatic heterocycles. The second kappa shape index (κ2) is 11.7. The minimum absolute atomic E-state index is 0.0635. The lowest BCUT2D eigenvalue weighted by molar-refractivity contribution is -0.120. The average molecular weight is 713 g/mol. The quantitative estimate of drug-likeness (QED) is 0.325. The highest BCUT2D eigenvalue weighted by molar-refractivity contribution is 9.11. The van der Waals surface area contributed by atoms with E-state index in [2.05, 4.69) is 76.7 Å². The van der Waals surface area contributed by atoms with Gasteiger partial charge >= 0.3 is 0 Å². The molecule has 2 aromatic rings.